The Labute approximate surface area is 168 Å². The summed E-state index contributed by atoms with van der Waals surface area (Å²) in [6.45, 7) is 0. The molecule has 158 valence electrons. The van der Waals surface area contributed by atoms with Crippen LogP contribution in [0.15, 0.2) is 44.1 Å². The number of rotatable bonds is 5. The van der Waals surface area contributed by atoms with Crippen LogP contribution in [0, 0.1) is 5.21 Å². The highest BCUT2D eigenvalue weighted by atomic mass is 16.8. The zero-order valence-corrected chi connectivity index (χ0v) is 16.2. The summed E-state index contributed by atoms with van der Waals surface area (Å²) in [5, 5.41) is 24.3. The predicted molar refractivity (Wildman–Crippen MR) is 106 cm³/mol. The van der Waals surface area contributed by atoms with Crippen LogP contribution in [-0.2, 0) is 21.1 Å². The summed E-state index contributed by atoms with van der Waals surface area (Å²) in [5.74, 6) is 0.0180. The van der Waals surface area contributed by atoms with Crippen molar-refractivity contribution in [2.75, 3.05) is 0 Å². The van der Waals surface area contributed by atoms with Crippen molar-refractivity contribution in [3.8, 4) is 11.8 Å². The molecule has 0 saturated carbocycles. The topological polar surface area (TPSA) is 182 Å². The first-order valence-corrected chi connectivity index (χ1v) is 8.45. The fourth-order valence-corrected chi connectivity index (χ4v) is 2.65. The molecular weight excluding hydrogens is 398 g/mol. The van der Waals surface area contributed by atoms with Crippen LogP contribution >= 0.6 is 0 Å². The second kappa shape index (κ2) is 8.16. The van der Waals surface area contributed by atoms with Gasteiger partial charge in [-0.1, -0.05) is 17.5 Å². The number of hydrogen-bond acceptors (Lipinski definition) is 8. The Hall–Kier alpha value is -4.01. The molecule has 14 nitrogen and oxygen atoms in total. The van der Waals surface area contributed by atoms with Gasteiger partial charge in [0.05, 0.1) is 6.21 Å². The first kappa shape index (κ1) is 20.7. The van der Waals surface area contributed by atoms with Gasteiger partial charge in [-0.3, -0.25) is 18.5 Å². The average Bonchev–Trinajstić information content (AvgIpc) is 3.01. The second-order valence-corrected chi connectivity index (χ2v) is 6.16. The van der Waals surface area contributed by atoms with Crippen molar-refractivity contribution in [2.45, 2.75) is 0 Å². The molecular formula is C16H19N9O5. The molecule has 0 bridgehead atoms. The van der Waals surface area contributed by atoms with E-state index < -0.39 is 16.6 Å². The van der Waals surface area contributed by atoms with Gasteiger partial charge in [0.1, 0.15) is 5.75 Å². The van der Waals surface area contributed by atoms with E-state index in [1.807, 2.05) is 0 Å². The van der Waals surface area contributed by atoms with Crippen molar-refractivity contribution in [2.24, 2.45) is 37.1 Å². The smallest absolute Gasteiger partial charge is 0.332 e. The van der Waals surface area contributed by atoms with Crippen molar-refractivity contribution in [3.05, 3.63) is 55.9 Å². The SMILES string of the molecule is Cn1c(=O)c2c(nc(Oc3cccc(/C=N/N/C(N)=N\[NH+]([O-])O)c3)n2C)n(C)c1=O. The molecule has 2 heterocycles. The number of hydrogen-bond donors (Lipinski definition) is 4. The lowest BCUT2D eigenvalue weighted by molar-refractivity contribution is -1.05. The molecule has 1 atom stereocenters. The quantitative estimate of drug-likeness (QED) is 0.203. The Morgan fingerprint density at radius 2 is 2.03 bits per heavy atom. The molecule has 0 aliphatic carbocycles. The summed E-state index contributed by atoms with van der Waals surface area (Å²) in [7, 11) is 4.52. The fraction of sp³-hybridized carbons (Fsp3) is 0.188. The lowest BCUT2D eigenvalue weighted by Crippen LogP contribution is -3.00. The van der Waals surface area contributed by atoms with Crippen molar-refractivity contribution < 1.29 is 15.3 Å². The van der Waals surface area contributed by atoms with E-state index in [1.54, 1.807) is 31.3 Å². The molecule has 0 aliphatic rings. The van der Waals surface area contributed by atoms with Crippen LogP contribution < -0.4 is 32.5 Å². The molecule has 0 radical (unpaired) electrons. The van der Waals surface area contributed by atoms with Gasteiger partial charge < -0.3 is 15.7 Å². The standard InChI is InChI=1S/C16H19N9O5/c1-22-11-12(23(2)16(27)24(3)13(11)26)19-15(22)30-10-6-4-5-9(7-10)8-18-20-14(17)21-25(28)29/h4-8,25,28H,1-3H3,(H3,17,20,21)/b18-8+. The van der Waals surface area contributed by atoms with Crippen molar-refractivity contribution in [3.63, 3.8) is 0 Å². The minimum absolute atomic E-state index is 0.119. The molecule has 0 aliphatic heterocycles. The number of nitrogens with one attached hydrogen (secondary N) is 2. The molecule has 2 aromatic heterocycles. The lowest BCUT2D eigenvalue weighted by atomic mass is 10.2. The number of imidazole rings is 1. The Morgan fingerprint density at radius 1 is 1.30 bits per heavy atom. The van der Waals surface area contributed by atoms with E-state index in [-0.39, 0.29) is 23.1 Å². The fourth-order valence-electron chi connectivity index (χ4n) is 2.65. The van der Waals surface area contributed by atoms with Crippen molar-refractivity contribution in [1.29, 1.82) is 0 Å². The number of benzene rings is 1. The summed E-state index contributed by atoms with van der Waals surface area (Å²) < 4.78 is 9.51. The van der Waals surface area contributed by atoms with Crippen LogP contribution in [0.25, 0.3) is 11.2 Å². The monoisotopic (exact) mass is 417 g/mol. The number of nitrogens with zero attached hydrogens (tertiary/aromatic N) is 6. The van der Waals surface area contributed by atoms with Gasteiger partial charge in [-0.2, -0.15) is 15.3 Å². The van der Waals surface area contributed by atoms with Crippen LogP contribution in [0.4, 0.5) is 0 Å². The molecule has 3 aromatic rings. The van der Waals surface area contributed by atoms with E-state index in [1.165, 1.54) is 29.4 Å². The van der Waals surface area contributed by atoms with Gasteiger partial charge in [0, 0.05) is 21.1 Å². The number of hydrazone groups is 1. The largest absolute Gasteiger partial charge is 0.572 e. The van der Waals surface area contributed by atoms with E-state index in [4.69, 9.17) is 15.7 Å². The Bertz CT molecular complexity index is 1270. The van der Waals surface area contributed by atoms with Crippen LogP contribution in [-0.4, -0.2) is 36.1 Å². The van der Waals surface area contributed by atoms with Crippen LogP contribution in [0.2, 0.25) is 0 Å². The highest BCUT2D eigenvalue weighted by Crippen LogP contribution is 2.23. The van der Waals surface area contributed by atoms with Crippen LogP contribution in [0.1, 0.15) is 5.56 Å². The highest BCUT2D eigenvalue weighted by Gasteiger charge is 2.18. The number of fused-ring (bicyclic) bond motifs is 1. The molecule has 30 heavy (non-hydrogen) atoms. The van der Waals surface area contributed by atoms with Gasteiger partial charge >= 0.3 is 11.7 Å². The Balaban J connectivity index is 1.88. The molecule has 14 heteroatoms. The van der Waals surface area contributed by atoms with Crippen LogP contribution in [0.3, 0.4) is 0 Å². The molecule has 3 rings (SSSR count). The Morgan fingerprint density at radius 3 is 2.73 bits per heavy atom. The first-order valence-electron chi connectivity index (χ1n) is 8.45. The molecule has 5 N–H and O–H groups in total. The molecule has 1 aromatic carbocycles. The van der Waals surface area contributed by atoms with Gasteiger partial charge in [0.2, 0.25) is 0 Å². The van der Waals surface area contributed by atoms with E-state index in [2.05, 4.69) is 20.6 Å². The number of guanidine groups is 1. The molecule has 0 saturated heterocycles. The minimum Gasteiger partial charge on any atom is -0.572 e. The van der Waals surface area contributed by atoms with E-state index in [0.29, 0.717) is 11.3 Å². The van der Waals surface area contributed by atoms with Gasteiger partial charge in [0.15, 0.2) is 11.2 Å². The summed E-state index contributed by atoms with van der Waals surface area (Å²) >= 11 is 0. The van der Waals surface area contributed by atoms with Gasteiger partial charge in [-0.05, 0) is 22.8 Å². The third kappa shape index (κ3) is 4.04. The average molecular weight is 417 g/mol. The van der Waals surface area contributed by atoms with Gasteiger partial charge in [-0.25, -0.2) is 10.2 Å². The third-order valence-corrected chi connectivity index (χ3v) is 4.11. The zero-order valence-electron chi connectivity index (χ0n) is 16.2. The minimum atomic E-state index is -1.44. The molecule has 0 spiro atoms. The number of quaternary nitrogens is 1. The van der Waals surface area contributed by atoms with E-state index >= 15 is 0 Å². The number of ether oxygens (including phenoxy) is 1. The third-order valence-electron chi connectivity index (χ3n) is 4.11. The molecule has 0 amide bonds. The summed E-state index contributed by atoms with van der Waals surface area (Å²) in [6.07, 6.45) is 1.38. The van der Waals surface area contributed by atoms with Crippen LogP contribution in [0.5, 0.6) is 11.8 Å². The normalized spacial score (nSPS) is 13.2. The van der Waals surface area contributed by atoms with Crippen molar-refractivity contribution in [1.82, 2.24) is 24.1 Å². The number of aromatic nitrogens is 4. The van der Waals surface area contributed by atoms with E-state index in [0.717, 1.165) is 4.57 Å². The maximum absolute atomic E-state index is 12.4. The maximum atomic E-state index is 12.4. The summed E-state index contributed by atoms with van der Waals surface area (Å²) in [5.41, 5.74) is 7.66. The number of nitrogens with two attached hydrogens (primary N) is 1. The summed E-state index contributed by atoms with van der Waals surface area (Å²) in [6, 6.07) is 6.83. The zero-order chi connectivity index (χ0) is 22.0. The van der Waals surface area contributed by atoms with Gasteiger partial charge in [0.25, 0.3) is 11.5 Å². The number of aryl methyl sites for hydroxylation is 2. The predicted octanol–water partition coefficient (Wildman–Crippen LogP) is -2.31. The van der Waals surface area contributed by atoms with Gasteiger partial charge in [-0.15, -0.1) is 0 Å². The summed E-state index contributed by atoms with van der Waals surface area (Å²) in [4.78, 5) is 28.8. The molecule has 1 unspecified atom stereocenters. The second-order valence-electron chi connectivity index (χ2n) is 6.16. The maximum Gasteiger partial charge on any atom is 0.332 e. The van der Waals surface area contributed by atoms with Crippen molar-refractivity contribution >= 4 is 23.3 Å². The lowest BCUT2D eigenvalue weighted by Gasteiger charge is -2.06. The Kier molecular flexibility index (Phi) is 5.63. The highest BCUT2D eigenvalue weighted by molar-refractivity contribution is 5.83. The van der Waals surface area contributed by atoms with E-state index in [9.17, 15) is 14.8 Å². The first-order chi connectivity index (χ1) is 14.2. The molecule has 0 fully saturated rings.